The van der Waals surface area contributed by atoms with Crippen molar-refractivity contribution in [1.82, 2.24) is 0 Å². The minimum Gasteiger partial charge on any atom is -0.393 e. The van der Waals surface area contributed by atoms with Gasteiger partial charge in [0, 0.05) is 11.8 Å². The highest BCUT2D eigenvalue weighted by atomic mass is 16.3. The van der Waals surface area contributed by atoms with Gasteiger partial charge in [0.25, 0.3) is 0 Å². The lowest BCUT2D eigenvalue weighted by molar-refractivity contribution is -0.223. The first-order valence-electron chi connectivity index (χ1n) is 13.3. The van der Waals surface area contributed by atoms with Crippen LogP contribution in [0.2, 0.25) is 0 Å². The van der Waals surface area contributed by atoms with E-state index in [-0.39, 0.29) is 23.5 Å². The van der Waals surface area contributed by atoms with Crippen molar-refractivity contribution in [2.75, 3.05) is 0 Å². The lowest BCUT2D eigenvalue weighted by Crippen LogP contribution is -2.71. The molecule has 3 fully saturated rings. The Morgan fingerprint density at radius 2 is 1.70 bits per heavy atom. The van der Waals surface area contributed by atoms with Gasteiger partial charge in [-0.05, 0) is 92.1 Å². The Morgan fingerprint density at radius 1 is 1.03 bits per heavy atom. The van der Waals surface area contributed by atoms with Crippen LogP contribution in [0.3, 0.4) is 0 Å². The van der Waals surface area contributed by atoms with Crippen LogP contribution in [0.4, 0.5) is 0 Å². The first-order chi connectivity index (χ1) is 15.2. The largest absolute Gasteiger partial charge is 0.393 e. The summed E-state index contributed by atoms with van der Waals surface area (Å²) >= 11 is 0. The molecule has 0 aliphatic heterocycles. The maximum absolute atomic E-state index is 13.3. The van der Waals surface area contributed by atoms with Crippen molar-refractivity contribution in [3.05, 3.63) is 23.3 Å². The van der Waals surface area contributed by atoms with Crippen LogP contribution in [0, 0.1) is 40.4 Å². The topological polar surface area (TPSA) is 77.8 Å². The number of ketones is 1. The second kappa shape index (κ2) is 8.03. The monoisotopic (exact) mass is 458 g/mol. The molecular formula is C29H46O4. The number of allylic oxidation sites excluding steroid dienone is 2. The second-order valence-corrected chi connectivity index (χ2v) is 13.0. The Labute approximate surface area is 200 Å². The Morgan fingerprint density at radius 3 is 2.33 bits per heavy atom. The highest BCUT2D eigenvalue weighted by molar-refractivity contribution is 6.00. The van der Waals surface area contributed by atoms with E-state index in [9.17, 15) is 20.1 Å². The Bertz CT molecular complexity index is 873. The third-order valence-electron chi connectivity index (χ3n) is 11.2. The van der Waals surface area contributed by atoms with Gasteiger partial charge in [-0.2, -0.15) is 0 Å². The molecule has 3 saturated carbocycles. The number of carbonyl (C=O) groups excluding carboxylic acids is 1. The molecule has 0 radical (unpaired) electrons. The molecule has 9 atom stereocenters. The van der Waals surface area contributed by atoms with Gasteiger partial charge in [-0.3, -0.25) is 4.79 Å². The fraction of sp³-hybridized carbons (Fsp3) is 0.828. The predicted octanol–water partition coefficient (Wildman–Crippen LogP) is 5.21. The molecule has 186 valence electrons. The van der Waals surface area contributed by atoms with Crippen molar-refractivity contribution >= 4 is 5.78 Å². The number of carbonyl (C=O) groups is 1. The normalized spacial score (nSPS) is 47.5. The minimum absolute atomic E-state index is 0.0219. The van der Waals surface area contributed by atoms with Crippen molar-refractivity contribution in [2.45, 2.75) is 111 Å². The molecular weight excluding hydrogens is 412 g/mol. The molecule has 0 spiro atoms. The number of hydrogen-bond donors (Lipinski definition) is 3. The van der Waals surface area contributed by atoms with Gasteiger partial charge < -0.3 is 15.3 Å². The molecule has 0 heterocycles. The fourth-order valence-corrected chi connectivity index (χ4v) is 8.42. The highest BCUT2D eigenvalue weighted by Gasteiger charge is 2.71. The van der Waals surface area contributed by atoms with E-state index in [1.807, 2.05) is 6.92 Å². The van der Waals surface area contributed by atoms with Gasteiger partial charge in [0.05, 0.1) is 11.7 Å². The molecule has 4 aliphatic rings. The summed E-state index contributed by atoms with van der Waals surface area (Å²) in [5, 5.41) is 34.0. The van der Waals surface area contributed by atoms with Gasteiger partial charge in [0.1, 0.15) is 5.60 Å². The van der Waals surface area contributed by atoms with Gasteiger partial charge in [-0.1, -0.05) is 53.2 Å². The van der Waals surface area contributed by atoms with E-state index in [2.05, 4.69) is 47.6 Å². The fourth-order valence-electron chi connectivity index (χ4n) is 8.42. The van der Waals surface area contributed by atoms with Gasteiger partial charge in [-0.15, -0.1) is 0 Å². The predicted molar refractivity (Wildman–Crippen MR) is 131 cm³/mol. The van der Waals surface area contributed by atoms with Crippen LogP contribution < -0.4 is 0 Å². The molecule has 4 heteroatoms. The molecule has 0 unspecified atom stereocenters. The molecule has 3 N–H and O–H groups in total. The summed E-state index contributed by atoms with van der Waals surface area (Å²) in [5.41, 5.74) is -1.45. The number of fused-ring (bicyclic) bond motifs is 5. The minimum atomic E-state index is -1.69. The van der Waals surface area contributed by atoms with Crippen molar-refractivity contribution < 1.29 is 20.1 Å². The summed E-state index contributed by atoms with van der Waals surface area (Å²) in [5.74, 6) is 2.00. The number of hydrogen-bond acceptors (Lipinski definition) is 4. The number of aliphatic hydroxyl groups is 3. The smallest absolute Gasteiger partial charge is 0.188 e. The molecule has 0 aromatic carbocycles. The Balaban J connectivity index is 1.69. The first kappa shape index (κ1) is 25.1. The molecule has 0 saturated heterocycles. The summed E-state index contributed by atoms with van der Waals surface area (Å²) in [6, 6.07) is 0. The maximum atomic E-state index is 13.3. The van der Waals surface area contributed by atoms with Crippen LogP contribution in [0.25, 0.3) is 0 Å². The van der Waals surface area contributed by atoms with Crippen molar-refractivity contribution in [3.8, 4) is 0 Å². The first-order valence-corrected chi connectivity index (χ1v) is 13.3. The van der Waals surface area contributed by atoms with E-state index in [0.29, 0.717) is 42.9 Å². The Kier molecular flexibility index (Phi) is 6.12. The van der Waals surface area contributed by atoms with E-state index >= 15 is 0 Å². The standard InChI is InChI=1S/C29H46O4/c1-17(2)20(5)18(3)14-19(4)22-8-9-23-24-15-25(31)29(33)16-21(30)10-11-27(29,7)28(24,32)13-12-26(22,23)6/h14-15,17,19-23,30,32-33H,8-13,16H2,1-7H3/b18-14+/t19-,20-,21+,22-,23+,26-,27-,28-,29+/m1/s1. The average molecular weight is 459 g/mol. The van der Waals surface area contributed by atoms with E-state index in [0.717, 1.165) is 24.8 Å². The number of aliphatic hydroxyl groups excluding tert-OH is 1. The Hall–Kier alpha value is -0.970. The maximum Gasteiger partial charge on any atom is 0.188 e. The van der Waals surface area contributed by atoms with Crippen LogP contribution >= 0.6 is 0 Å². The summed E-state index contributed by atoms with van der Waals surface area (Å²) in [6.07, 6.45) is 7.93. The van der Waals surface area contributed by atoms with Gasteiger partial charge in [0.2, 0.25) is 0 Å². The third kappa shape index (κ3) is 3.37. The van der Waals surface area contributed by atoms with E-state index < -0.39 is 22.7 Å². The molecule has 4 nitrogen and oxygen atoms in total. The zero-order valence-corrected chi connectivity index (χ0v) is 21.8. The van der Waals surface area contributed by atoms with Crippen LogP contribution in [-0.2, 0) is 4.79 Å². The molecule has 0 aromatic rings. The van der Waals surface area contributed by atoms with Crippen LogP contribution in [-0.4, -0.2) is 38.4 Å². The molecule has 4 aliphatic carbocycles. The summed E-state index contributed by atoms with van der Waals surface area (Å²) in [4.78, 5) is 13.3. The SMILES string of the molecule is C/C(=C\[C@@H](C)[C@H]1CC[C@H]2C3=CC(=O)[C@@]4(O)C[C@@H](O)CC[C@]4(C)[C@@]3(O)CC[C@]12C)[C@H](C)C(C)C. The van der Waals surface area contributed by atoms with Crippen molar-refractivity contribution in [2.24, 2.45) is 40.4 Å². The van der Waals surface area contributed by atoms with E-state index in [4.69, 9.17) is 0 Å². The summed E-state index contributed by atoms with van der Waals surface area (Å²) in [7, 11) is 0. The molecule has 0 bridgehead atoms. The second-order valence-electron chi connectivity index (χ2n) is 13.0. The molecule has 33 heavy (non-hydrogen) atoms. The quantitative estimate of drug-likeness (QED) is 0.506. The van der Waals surface area contributed by atoms with Crippen LogP contribution in [0.1, 0.15) is 93.4 Å². The highest BCUT2D eigenvalue weighted by Crippen LogP contribution is 2.68. The molecule has 4 rings (SSSR count). The van der Waals surface area contributed by atoms with Gasteiger partial charge >= 0.3 is 0 Å². The third-order valence-corrected chi connectivity index (χ3v) is 11.2. The average Bonchev–Trinajstić information content (AvgIpc) is 3.09. The summed E-state index contributed by atoms with van der Waals surface area (Å²) in [6.45, 7) is 15.7. The van der Waals surface area contributed by atoms with Crippen molar-refractivity contribution in [1.29, 1.82) is 0 Å². The lowest BCUT2D eigenvalue weighted by atomic mass is 9.43. The number of rotatable bonds is 4. The zero-order chi connectivity index (χ0) is 24.6. The van der Waals surface area contributed by atoms with Gasteiger partial charge in [-0.25, -0.2) is 0 Å². The summed E-state index contributed by atoms with van der Waals surface area (Å²) < 4.78 is 0. The van der Waals surface area contributed by atoms with E-state index in [1.165, 1.54) is 5.57 Å². The van der Waals surface area contributed by atoms with Crippen LogP contribution in [0.5, 0.6) is 0 Å². The van der Waals surface area contributed by atoms with E-state index in [1.54, 1.807) is 6.08 Å². The van der Waals surface area contributed by atoms with Gasteiger partial charge in [0.15, 0.2) is 5.78 Å². The zero-order valence-electron chi connectivity index (χ0n) is 21.8. The molecule has 0 aromatic heterocycles. The molecule has 0 amide bonds. The van der Waals surface area contributed by atoms with Crippen molar-refractivity contribution in [3.63, 3.8) is 0 Å². The lowest BCUT2D eigenvalue weighted by Gasteiger charge is -2.63. The van der Waals surface area contributed by atoms with Crippen LogP contribution in [0.15, 0.2) is 23.3 Å².